The number of hydrogen-bond donors (Lipinski definition) is 1. The van der Waals surface area contributed by atoms with Gasteiger partial charge in [-0.15, -0.1) is 0 Å². The second kappa shape index (κ2) is 8.74. The number of para-hydroxylation sites is 2. The number of nitrogens with zero attached hydrogens (tertiary/aromatic N) is 3. The van der Waals surface area contributed by atoms with Crippen molar-refractivity contribution in [2.24, 2.45) is 0 Å². The number of piperazine rings is 1. The van der Waals surface area contributed by atoms with Crippen LogP contribution in [-0.2, 0) is 11.3 Å². The first-order valence-corrected chi connectivity index (χ1v) is 10.2. The number of rotatable bonds is 5. The van der Waals surface area contributed by atoms with Gasteiger partial charge in [-0.1, -0.05) is 12.1 Å². The molecular weight excluding hydrogens is 388 g/mol. The van der Waals surface area contributed by atoms with E-state index in [9.17, 15) is 14.4 Å². The van der Waals surface area contributed by atoms with Crippen LogP contribution < -0.4 is 20.9 Å². The third-order valence-corrected chi connectivity index (χ3v) is 5.69. The number of carbonyl (C=O) groups excluding carboxylic acids is 1. The number of methoxy groups -OCH3 is 1. The lowest BCUT2D eigenvalue weighted by Gasteiger charge is -2.36. The molecule has 1 aromatic heterocycles. The van der Waals surface area contributed by atoms with E-state index in [0.717, 1.165) is 28.8 Å². The topological polar surface area (TPSA) is 96.9 Å². The molecule has 1 unspecified atom stereocenters. The number of amides is 1. The van der Waals surface area contributed by atoms with E-state index in [1.54, 1.807) is 12.0 Å². The molecule has 2 fully saturated rings. The monoisotopic (exact) mass is 414 g/mol. The van der Waals surface area contributed by atoms with Gasteiger partial charge in [0.1, 0.15) is 11.3 Å². The Bertz CT molecular complexity index is 1020. The van der Waals surface area contributed by atoms with E-state index in [1.807, 2.05) is 24.3 Å². The highest BCUT2D eigenvalue weighted by Gasteiger charge is 2.27. The standard InChI is InChI=1S/C21H26N4O5/c1-29-18-7-3-2-6-17(18)23-8-10-24(11-9-23)19(26)16-13-22-21(28)25(20(16)27)14-15-5-4-12-30-15/h2-3,6-7,13,15H,4-5,8-12,14H2,1H3,(H,22,28). The Morgan fingerprint density at radius 1 is 1.20 bits per heavy atom. The first kappa shape index (κ1) is 20.2. The van der Waals surface area contributed by atoms with Gasteiger partial charge >= 0.3 is 5.69 Å². The lowest BCUT2D eigenvalue weighted by Crippen LogP contribution is -2.51. The summed E-state index contributed by atoms with van der Waals surface area (Å²) in [6.45, 7) is 2.99. The van der Waals surface area contributed by atoms with Gasteiger partial charge < -0.3 is 24.3 Å². The van der Waals surface area contributed by atoms with Crippen molar-refractivity contribution in [3.8, 4) is 5.75 Å². The van der Waals surface area contributed by atoms with Gasteiger partial charge in [0.2, 0.25) is 0 Å². The number of aromatic amines is 1. The normalized spacial score (nSPS) is 19.2. The first-order chi connectivity index (χ1) is 14.6. The van der Waals surface area contributed by atoms with Crippen molar-refractivity contribution >= 4 is 11.6 Å². The Labute approximate surface area is 173 Å². The van der Waals surface area contributed by atoms with Crippen LogP contribution in [0.3, 0.4) is 0 Å². The van der Waals surface area contributed by atoms with E-state index in [-0.39, 0.29) is 24.1 Å². The van der Waals surface area contributed by atoms with Gasteiger partial charge in [0.15, 0.2) is 0 Å². The highest BCUT2D eigenvalue weighted by atomic mass is 16.5. The van der Waals surface area contributed by atoms with E-state index in [1.165, 1.54) is 6.20 Å². The van der Waals surface area contributed by atoms with E-state index < -0.39 is 11.2 Å². The second-order valence-electron chi connectivity index (χ2n) is 7.51. The number of hydrogen-bond acceptors (Lipinski definition) is 6. The van der Waals surface area contributed by atoms with Gasteiger partial charge in [0.05, 0.1) is 25.4 Å². The highest BCUT2D eigenvalue weighted by Crippen LogP contribution is 2.28. The van der Waals surface area contributed by atoms with Crippen molar-refractivity contribution in [1.82, 2.24) is 14.5 Å². The van der Waals surface area contributed by atoms with Gasteiger partial charge in [-0.25, -0.2) is 4.79 Å². The maximum absolute atomic E-state index is 13.0. The lowest BCUT2D eigenvalue weighted by atomic mass is 10.2. The third-order valence-electron chi connectivity index (χ3n) is 5.69. The fraction of sp³-hybridized carbons (Fsp3) is 0.476. The van der Waals surface area contributed by atoms with Crippen LogP contribution in [0, 0.1) is 0 Å². The van der Waals surface area contributed by atoms with E-state index in [4.69, 9.17) is 9.47 Å². The van der Waals surface area contributed by atoms with E-state index in [0.29, 0.717) is 32.8 Å². The smallest absolute Gasteiger partial charge is 0.328 e. The molecule has 9 heteroatoms. The Hall–Kier alpha value is -3.07. The van der Waals surface area contributed by atoms with Crippen LogP contribution in [-0.4, -0.2) is 66.4 Å². The van der Waals surface area contributed by atoms with Gasteiger partial charge in [-0.3, -0.25) is 14.2 Å². The number of ether oxygens (including phenoxy) is 2. The Balaban J connectivity index is 1.48. The Morgan fingerprint density at radius 3 is 2.67 bits per heavy atom. The quantitative estimate of drug-likeness (QED) is 0.773. The summed E-state index contributed by atoms with van der Waals surface area (Å²) < 4.78 is 12.0. The van der Waals surface area contributed by atoms with Gasteiger partial charge in [0.25, 0.3) is 11.5 Å². The summed E-state index contributed by atoms with van der Waals surface area (Å²) in [6.07, 6.45) is 2.77. The van der Waals surface area contributed by atoms with E-state index in [2.05, 4.69) is 9.88 Å². The molecule has 2 aromatic rings. The second-order valence-corrected chi connectivity index (χ2v) is 7.51. The van der Waals surface area contributed by atoms with Gasteiger partial charge in [-0.05, 0) is 25.0 Å². The SMILES string of the molecule is COc1ccccc1N1CCN(C(=O)c2c[nH]c(=O)n(CC3CCCO3)c2=O)CC1. The number of anilines is 1. The molecule has 0 spiro atoms. The zero-order valence-corrected chi connectivity index (χ0v) is 17.0. The number of H-pyrrole nitrogens is 1. The molecule has 2 saturated heterocycles. The summed E-state index contributed by atoms with van der Waals surface area (Å²) in [5.74, 6) is 0.423. The Kier molecular flexibility index (Phi) is 5.89. The summed E-state index contributed by atoms with van der Waals surface area (Å²) in [5, 5.41) is 0. The summed E-state index contributed by atoms with van der Waals surface area (Å²) in [5.41, 5.74) is -0.118. The summed E-state index contributed by atoms with van der Waals surface area (Å²) in [7, 11) is 1.64. The molecular formula is C21H26N4O5. The summed E-state index contributed by atoms with van der Waals surface area (Å²) in [4.78, 5) is 44.3. The minimum atomic E-state index is -0.564. The largest absolute Gasteiger partial charge is 0.495 e. The molecule has 30 heavy (non-hydrogen) atoms. The molecule has 0 aliphatic carbocycles. The number of benzene rings is 1. The minimum absolute atomic E-state index is 0.0154. The molecule has 2 aliphatic heterocycles. The van der Waals surface area contributed by atoms with Crippen LogP contribution in [0.4, 0.5) is 5.69 Å². The molecule has 0 radical (unpaired) electrons. The van der Waals surface area contributed by atoms with Crippen LogP contribution >= 0.6 is 0 Å². The average Bonchev–Trinajstić information content (AvgIpc) is 3.30. The molecule has 1 amide bonds. The molecule has 9 nitrogen and oxygen atoms in total. The number of nitrogens with one attached hydrogen (secondary N) is 1. The van der Waals surface area contributed by atoms with Crippen LogP contribution in [0.25, 0.3) is 0 Å². The molecule has 160 valence electrons. The average molecular weight is 414 g/mol. The maximum atomic E-state index is 13.0. The van der Waals surface area contributed by atoms with Crippen molar-refractivity contribution in [1.29, 1.82) is 0 Å². The van der Waals surface area contributed by atoms with Crippen LogP contribution in [0.1, 0.15) is 23.2 Å². The molecule has 0 bridgehead atoms. The first-order valence-electron chi connectivity index (χ1n) is 10.2. The third kappa shape index (κ3) is 3.97. The minimum Gasteiger partial charge on any atom is -0.495 e. The molecule has 2 aliphatic rings. The van der Waals surface area contributed by atoms with Crippen molar-refractivity contribution in [3.05, 3.63) is 56.9 Å². The van der Waals surface area contributed by atoms with Crippen molar-refractivity contribution in [2.75, 3.05) is 44.8 Å². The fourth-order valence-corrected chi connectivity index (χ4v) is 4.03. The van der Waals surface area contributed by atoms with Gasteiger partial charge in [0, 0.05) is 39.0 Å². The zero-order chi connectivity index (χ0) is 21.1. The van der Waals surface area contributed by atoms with Crippen molar-refractivity contribution in [2.45, 2.75) is 25.5 Å². The van der Waals surface area contributed by atoms with E-state index >= 15 is 0 Å². The summed E-state index contributed by atoms with van der Waals surface area (Å²) >= 11 is 0. The predicted molar refractivity (Wildman–Crippen MR) is 111 cm³/mol. The molecule has 3 heterocycles. The van der Waals surface area contributed by atoms with Crippen LogP contribution in [0.5, 0.6) is 5.75 Å². The van der Waals surface area contributed by atoms with Crippen LogP contribution in [0.15, 0.2) is 40.1 Å². The number of carbonyl (C=O) groups is 1. The molecule has 1 N–H and O–H groups in total. The fourth-order valence-electron chi connectivity index (χ4n) is 4.03. The van der Waals surface area contributed by atoms with Crippen molar-refractivity contribution < 1.29 is 14.3 Å². The maximum Gasteiger partial charge on any atom is 0.328 e. The molecule has 1 aromatic carbocycles. The Morgan fingerprint density at radius 2 is 1.97 bits per heavy atom. The molecule has 4 rings (SSSR count). The van der Waals surface area contributed by atoms with Crippen LogP contribution in [0.2, 0.25) is 0 Å². The zero-order valence-electron chi connectivity index (χ0n) is 17.0. The molecule has 0 saturated carbocycles. The predicted octanol–water partition coefficient (Wildman–Crippen LogP) is 0.687. The number of aromatic nitrogens is 2. The van der Waals surface area contributed by atoms with Gasteiger partial charge in [-0.2, -0.15) is 0 Å². The summed E-state index contributed by atoms with van der Waals surface area (Å²) in [6, 6.07) is 7.76. The lowest BCUT2D eigenvalue weighted by molar-refractivity contribution is 0.0739. The highest BCUT2D eigenvalue weighted by molar-refractivity contribution is 5.93. The van der Waals surface area contributed by atoms with Crippen molar-refractivity contribution in [3.63, 3.8) is 0 Å². The molecule has 1 atom stereocenters.